The Morgan fingerprint density at radius 1 is 0.966 bits per heavy atom. The molecular formula is C42H42F6N4O6. The summed E-state index contributed by atoms with van der Waals surface area (Å²) in [6.45, 7) is 6.13. The van der Waals surface area contributed by atoms with Crippen molar-refractivity contribution in [3.63, 3.8) is 0 Å². The van der Waals surface area contributed by atoms with E-state index in [1.807, 2.05) is 13.0 Å². The van der Waals surface area contributed by atoms with Gasteiger partial charge in [0.15, 0.2) is 0 Å². The van der Waals surface area contributed by atoms with Crippen LogP contribution in [0.1, 0.15) is 58.8 Å². The van der Waals surface area contributed by atoms with Crippen LogP contribution < -0.4 is 20.5 Å². The van der Waals surface area contributed by atoms with Gasteiger partial charge in [-0.3, -0.25) is 23.9 Å². The Kier molecular flexibility index (Phi) is 11.4. The highest BCUT2D eigenvalue weighted by Gasteiger charge is 2.38. The third-order valence-electron chi connectivity index (χ3n) is 10.9. The molecule has 0 saturated carbocycles. The second kappa shape index (κ2) is 16.1. The molecule has 7 rings (SSSR count). The van der Waals surface area contributed by atoms with Gasteiger partial charge in [0.25, 0.3) is 5.56 Å². The summed E-state index contributed by atoms with van der Waals surface area (Å²) in [6.07, 6.45) is -6.11. The number of amides is 1. The molecule has 0 unspecified atom stereocenters. The number of pyridine rings is 1. The van der Waals surface area contributed by atoms with Crippen molar-refractivity contribution in [2.75, 3.05) is 51.3 Å². The zero-order chi connectivity index (χ0) is 41.6. The maximum atomic E-state index is 16.4. The first kappa shape index (κ1) is 40.8. The van der Waals surface area contributed by atoms with Gasteiger partial charge in [0.2, 0.25) is 5.91 Å². The lowest BCUT2D eigenvalue weighted by Crippen LogP contribution is -2.51. The standard InChI is InChI=1S/C42H42F6N4O6/c1-5-57-37(54)16-34-31-12-25(10-23(3)39(31)45)38-22(2)11-27(51-20-29(21-51)56-4)13-35(38)58-28-6-7-33(44)30(14-28)40(41(55)49-34)52-17-24(8-9-50-18-26(43)19-50)32(15-36(52)53)42(46,47)48/h6-7,10-15,17,26,29,34,40H,5,8-9,16,18-21H2,1-4H3,(H,49,55)/t34-,40-/m0/s1. The van der Waals surface area contributed by atoms with E-state index in [1.165, 1.54) is 25.1 Å². The van der Waals surface area contributed by atoms with Gasteiger partial charge in [-0.25, -0.2) is 13.2 Å². The third kappa shape index (κ3) is 8.17. The van der Waals surface area contributed by atoms with Gasteiger partial charge in [0, 0.05) is 80.5 Å². The number of hydrogen-bond donors (Lipinski definition) is 1. The molecule has 2 atom stereocenters. The van der Waals surface area contributed by atoms with Crippen molar-refractivity contribution in [1.82, 2.24) is 14.8 Å². The smallest absolute Gasteiger partial charge is 0.416 e. The minimum Gasteiger partial charge on any atom is -0.466 e. The number of aromatic nitrogens is 1. The van der Waals surface area contributed by atoms with Crippen molar-refractivity contribution in [3.05, 3.63) is 110 Å². The summed E-state index contributed by atoms with van der Waals surface area (Å²) >= 11 is 0. The number of halogens is 6. The van der Waals surface area contributed by atoms with Gasteiger partial charge in [-0.2, -0.15) is 13.2 Å². The van der Waals surface area contributed by atoms with Gasteiger partial charge in [-0.05, 0) is 85.8 Å². The highest BCUT2D eigenvalue weighted by Crippen LogP contribution is 2.43. The monoisotopic (exact) mass is 812 g/mol. The molecule has 4 aromatic rings. The van der Waals surface area contributed by atoms with Crippen LogP contribution in [0.25, 0.3) is 11.1 Å². The molecule has 4 heterocycles. The van der Waals surface area contributed by atoms with E-state index < -0.39 is 76.6 Å². The van der Waals surface area contributed by atoms with E-state index in [1.54, 1.807) is 31.1 Å². The first-order valence-corrected chi connectivity index (χ1v) is 18.9. The molecule has 2 saturated heterocycles. The Balaban J connectivity index is 1.44. The summed E-state index contributed by atoms with van der Waals surface area (Å²) < 4.78 is 107. The molecule has 308 valence electrons. The maximum Gasteiger partial charge on any atom is 0.416 e. The molecule has 1 aromatic heterocycles. The number of benzene rings is 3. The lowest BCUT2D eigenvalue weighted by atomic mass is 9.91. The lowest BCUT2D eigenvalue weighted by Gasteiger charge is -2.40. The van der Waals surface area contributed by atoms with Gasteiger partial charge >= 0.3 is 12.1 Å². The van der Waals surface area contributed by atoms with Gasteiger partial charge in [-0.15, -0.1) is 0 Å². The summed E-state index contributed by atoms with van der Waals surface area (Å²) in [7, 11) is 1.62. The summed E-state index contributed by atoms with van der Waals surface area (Å²) in [6, 6.07) is 7.14. The number of methoxy groups -OCH3 is 1. The number of likely N-dealkylation sites (tertiary alicyclic amines) is 1. The number of carbonyl (C=O) groups is 2. The van der Waals surface area contributed by atoms with Crippen molar-refractivity contribution in [1.29, 1.82) is 0 Å². The number of nitrogens with one attached hydrogen (secondary N) is 1. The zero-order valence-corrected chi connectivity index (χ0v) is 32.2. The largest absolute Gasteiger partial charge is 0.466 e. The molecule has 0 radical (unpaired) electrons. The number of anilines is 1. The van der Waals surface area contributed by atoms with Crippen molar-refractivity contribution < 1.29 is 50.1 Å². The number of rotatable bonds is 9. The molecule has 4 bridgehead atoms. The molecule has 58 heavy (non-hydrogen) atoms. The van der Waals surface area contributed by atoms with Crippen molar-refractivity contribution in [3.8, 4) is 22.6 Å². The summed E-state index contributed by atoms with van der Waals surface area (Å²) in [5, 5.41) is 2.62. The number of ether oxygens (including phenoxy) is 3. The highest BCUT2D eigenvalue weighted by molar-refractivity contribution is 5.86. The Labute approximate surface area is 330 Å². The van der Waals surface area contributed by atoms with Crippen LogP contribution in [-0.2, 0) is 31.7 Å². The molecule has 16 heteroatoms. The Bertz CT molecular complexity index is 2300. The number of nitrogens with zero attached hydrogens (tertiary/aromatic N) is 3. The SMILES string of the molecule is CCOC(=O)C[C@@H]1NC(=O)[C@@H](n2cc(CCN3CC(F)C3)c(C(F)(F)F)cc2=O)c2cc(ccc2F)Oc2cc(N3CC(OC)C3)cc(C)c2-c2cc(C)c(F)c1c2. The summed E-state index contributed by atoms with van der Waals surface area (Å²) in [5.41, 5.74) is -0.893. The average molecular weight is 813 g/mol. The Hall–Kier alpha value is -5.35. The van der Waals surface area contributed by atoms with E-state index in [9.17, 15) is 31.9 Å². The van der Waals surface area contributed by atoms with Gasteiger partial charge in [-0.1, -0.05) is 0 Å². The zero-order valence-electron chi connectivity index (χ0n) is 32.2. The van der Waals surface area contributed by atoms with E-state index in [0.717, 1.165) is 23.5 Å². The first-order chi connectivity index (χ1) is 27.5. The molecule has 2 fully saturated rings. The minimum atomic E-state index is -4.98. The molecule has 0 spiro atoms. The lowest BCUT2D eigenvalue weighted by molar-refractivity contribution is -0.144. The topological polar surface area (TPSA) is 102 Å². The van der Waals surface area contributed by atoms with Crippen LogP contribution in [0.3, 0.4) is 0 Å². The predicted molar refractivity (Wildman–Crippen MR) is 202 cm³/mol. The molecule has 1 amide bonds. The number of hydrogen-bond acceptors (Lipinski definition) is 8. The van der Waals surface area contributed by atoms with Crippen LogP contribution in [-0.4, -0.2) is 80.1 Å². The van der Waals surface area contributed by atoms with E-state index in [4.69, 9.17) is 14.2 Å². The molecule has 1 N–H and O–H groups in total. The molecule has 3 aromatic carbocycles. The van der Waals surface area contributed by atoms with Crippen molar-refractivity contribution in [2.45, 2.75) is 64.1 Å². The normalized spacial score (nSPS) is 18.8. The van der Waals surface area contributed by atoms with Crippen LogP contribution in [0.4, 0.5) is 32.0 Å². The number of aryl methyl sites for hydroxylation is 2. The number of fused-ring (bicyclic) bond motifs is 6. The fourth-order valence-corrected chi connectivity index (χ4v) is 7.80. The average Bonchev–Trinajstić information content (AvgIpc) is 3.12. The van der Waals surface area contributed by atoms with Crippen molar-refractivity contribution in [2.24, 2.45) is 0 Å². The summed E-state index contributed by atoms with van der Waals surface area (Å²) in [5.74, 6) is -3.43. The van der Waals surface area contributed by atoms with Gasteiger partial charge in [0.1, 0.15) is 35.3 Å². The number of esters is 1. The second-order valence-corrected chi connectivity index (χ2v) is 14.9. The highest BCUT2D eigenvalue weighted by atomic mass is 19.4. The first-order valence-electron chi connectivity index (χ1n) is 18.9. The van der Waals surface area contributed by atoms with Gasteiger partial charge < -0.3 is 24.4 Å². The molecular weight excluding hydrogens is 770 g/mol. The van der Waals surface area contributed by atoms with Crippen LogP contribution in [0.5, 0.6) is 11.5 Å². The fraction of sp³-hybridized carbons (Fsp3) is 0.405. The van der Waals surface area contributed by atoms with Crippen LogP contribution >= 0.6 is 0 Å². The van der Waals surface area contributed by atoms with E-state index in [-0.39, 0.29) is 61.4 Å². The van der Waals surface area contributed by atoms with Crippen molar-refractivity contribution >= 4 is 17.6 Å². The molecule has 3 aliphatic heterocycles. The van der Waals surface area contributed by atoms with Crippen LogP contribution in [0.2, 0.25) is 0 Å². The molecule has 0 aliphatic carbocycles. The van der Waals surface area contributed by atoms with E-state index in [0.29, 0.717) is 34.8 Å². The van der Waals surface area contributed by atoms with Crippen LogP contribution in [0.15, 0.2) is 59.5 Å². The van der Waals surface area contributed by atoms with Gasteiger partial charge in [0.05, 0.1) is 30.7 Å². The Morgan fingerprint density at radius 2 is 1.71 bits per heavy atom. The Morgan fingerprint density at radius 3 is 2.38 bits per heavy atom. The van der Waals surface area contributed by atoms with Crippen LogP contribution in [0, 0.1) is 25.5 Å². The summed E-state index contributed by atoms with van der Waals surface area (Å²) in [4.78, 5) is 45.1. The molecule has 10 nitrogen and oxygen atoms in total. The third-order valence-corrected chi connectivity index (χ3v) is 10.9. The minimum absolute atomic E-state index is 0.0111. The maximum absolute atomic E-state index is 16.4. The van der Waals surface area contributed by atoms with E-state index >= 15 is 8.78 Å². The van der Waals surface area contributed by atoms with E-state index in [2.05, 4.69) is 10.2 Å². The number of carbonyl (C=O) groups excluding carboxylic acids is 2. The predicted octanol–water partition coefficient (Wildman–Crippen LogP) is 6.97. The number of alkyl halides is 4. The fourth-order valence-electron chi connectivity index (χ4n) is 7.80. The molecule has 3 aliphatic rings. The quantitative estimate of drug-likeness (QED) is 0.143. The second-order valence-electron chi connectivity index (χ2n) is 14.9.